The highest BCUT2D eigenvalue weighted by molar-refractivity contribution is 9.10. The minimum atomic E-state index is 0.746. The first-order chi connectivity index (χ1) is 6.25. The molecule has 0 aromatic heterocycles. The van der Waals surface area contributed by atoms with Gasteiger partial charge in [0.1, 0.15) is 0 Å². The van der Waals surface area contributed by atoms with Gasteiger partial charge in [-0.25, -0.2) is 0 Å². The van der Waals surface area contributed by atoms with Gasteiger partial charge in [0.05, 0.1) is 0 Å². The molecule has 13 heavy (non-hydrogen) atoms. The second-order valence-electron chi connectivity index (χ2n) is 3.44. The summed E-state index contributed by atoms with van der Waals surface area (Å²) < 4.78 is 1.15. The molecule has 1 N–H and O–H groups in total. The number of nitrogens with one attached hydrogen (secondary N) is 1. The van der Waals surface area contributed by atoms with Crippen LogP contribution in [0.2, 0.25) is 0 Å². The van der Waals surface area contributed by atoms with E-state index in [1.54, 1.807) is 0 Å². The van der Waals surface area contributed by atoms with Crippen LogP contribution in [0.25, 0.3) is 0 Å². The number of hydrogen-bond acceptors (Lipinski definition) is 2. The third-order valence-corrected chi connectivity index (χ3v) is 4.00. The summed E-state index contributed by atoms with van der Waals surface area (Å²) in [7, 11) is 0. The molecule has 0 bridgehead atoms. The van der Waals surface area contributed by atoms with Crippen LogP contribution >= 0.6 is 27.7 Å². The highest BCUT2D eigenvalue weighted by Crippen LogP contribution is 2.33. The third-order valence-electron chi connectivity index (χ3n) is 2.11. The lowest BCUT2D eigenvalue weighted by Gasteiger charge is -2.07. The van der Waals surface area contributed by atoms with Gasteiger partial charge >= 0.3 is 0 Å². The Labute approximate surface area is 91.4 Å². The zero-order valence-electron chi connectivity index (χ0n) is 7.51. The van der Waals surface area contributed by atoms with Gasteiger partial charge in [0.15, 0.2) is 0 Å². The molecule has 70 valence electrons. The van der Waals surface area contributed by atoms with Crippen molar-refractivity contribution in [3.63, 3.8) is 0 Å². The SMILES string of the molecule is CC1CNc2cc(Br)ccc2SC1. The maximum atomic E-state index is 3.48. The van der Waals surface area contributed by atoms with Crippen LogP contribution in [0.15, 0.2) is 27.6 Å². The Kier molecular flexibility index (Phi) is 2.84. The summed E-state index contributed by atoms with van der Waals surface area (Å²) in [5, 5.41) is 3.46. The van der Waals surface area contributed by atoms with Gasteiger partial charge < -0.3 is 5.32 Å². The Hall–Kier alpha value is -0.150. The Bertz CT molecular complexity index is 314. The molecule has 1 heterocycles. The fourth-order valence-corrected chi connectivity index (χ4v) is 2.74. The first kappa shape index (κ1) is 9.41. The van der Waals surface area contributed by atoms with Crippen molar-refractivity contribution in [1.29, 1.82) is 0 Å². The van der Waals surface area contributed by atoms with Crippen LogP contribution < -0.4 is 5.32 Å². The molecule has 0 amide bonds. The smallest absolute Gasteiger partial charge is 0.0489 e. The van der Waals surface area contributed by atoms with E-state index in [0.717, 1.165) is 16.9 Å². The molecule has 1 unspecified atom stereocenters. The largest absolute Gasteiger partial charge is 0.384 e. The van der Waals surface area contributed by atoms with Crippen LogP contribution in [0.5, 0.6) is 0 Å². The highest BCUT2D eigenvalue weighted by Gasteiger charge is 2.12. The van der Waals surface area contributed by atoms with Crippen molar-refractivity contribution in [2.24, 2.45) is 5.92 Å². The molecule has 0 saturated carbocycles. The fourth-order valence-electron chi connectivity index (χ4n) is 1.34. The van der Waals surface area contributed by atoms with Crippen LogP contribution in [0.1, 0.15) is 6.92 Å². The molecule has 0 aliphatic carbocycles. The van der Waals surface area contributed by atoms with Gasteiger partial charge in [-0.05, 0) is 24.1 Å². The Morgan fingerprint density at radius 1 is 1.54 bits per heavy atom. The van der Waals surface area contributed by atoms with Crippen molar-refractivity contribution < 1.29 is 0 Å². The van der Waals surface area contributed by atoms with E-state index in [0.29, 0.717) is 0 Å². The van der Waals surface area contributed by atoms with Crippen molar-refractivity contribution in [3.05, 3.63) is 22.7 Å². The second-order valence-corrected chi connectivity index (χ2v) is 5.42. The molecular weight excluding hydrogens is 246 g/mol. The number of anilines is 1. The van der Waals surface area contributed by atoms with Crippen LogP contribution in [-0.2, 0) is 0 Å². The predicted molar refractivity (Wildman–Crippen MR) is 62.5 cm³/mol. The maximum absolute atomic E-state index is 3.48. The average molecular weight is 258 g/mol. The molecule has 1 aromatic carbocycles. The lowest BCUT2D eigenvalue weighted by atomic mass is 10.2. The first-order valence-corrected chi connectivity index (χ1v) is 6.20. The second kappa shape index (κ2) is 3.93. The summed E-state index contributed by atoms with van der Waals surface area (Å²) in [6.45, 7) is 3.36. The normalized spacial score (nSPS) is 21.5. The fraction of sp³-hybridized carbons (Fsp3) is 0.400. The lowest BCUT2D eigenvalue weighted by Crippen LogP contribution is -2.10. The zero-order chi connectivity index (χ0) is 9.26. The summed E-state index contributed by atoms with van der Waals surface area (Å²) in [5.41, 5.74) is 1.27. The van der Waals surface area contributed by atoms with Crippen molar-refractivity contribution in [1.82, 2.24) is 0 Å². The van der Waals surface area contributed by atoms with Crippen molar-refractivity contribution in [2.75, 3.05) is 17.6 Å². The average Bonchev–Trinajstić information content (AvgIpc) is 2.29. The quantitative estimate of drug-likeness (QED) is 0.763. The number of hydrogen-bond donors (Lipinski definition) is 1. The maximum Gasteiger partial charge on any atom is 0.0489 e. The molecule has 0 saturated heterocycles. The minimum absolute atomic E-state index is 0.746. The van der Waals surface area contributed by atoms with Crippen molar-refractivity contribution in [3.8, 4) is 0 Å². The summed E-state index contributed by atoms with van der Waals surface area (Å²) in [4.78, 5) is 1.37. The van der Waals surface area contributed by atoms with Gasteiger partial charge in [-0.1, -0.05) is 22.9 Å². The van der Waals surface area contributed by atoms with E-state index in [9.17, 15) is 0 Å². The minimum Gasteiger partial charge on any atom is -0.384 e. The van der Waals surface area contributed by atoms with E-state index in [1.165, 1.54) is 16.3 Å². The van der Waals surface area contributed by atoms with E-state index >= 15 is 0 Å². The molecule has 2 rings (SSSR count). The van der Waals surface area contributed by atoms with Gasteiger partial charge in [-0.2, -0.15) is 0 Å². The summed E-state index contributed by atoms with van der Waals surface area (Å²) in [6.07, 6.45) is 0. The van der Waals surface area contributed by atoms with Crippen LogP contribution in [0, 0.1) is 5.92 Å². The number of fused-ring (bicyclic) bond motifs is 1. The molecule has 0 fully saturated rings. The monoisotopic (exact) mass is 257 g/mol. The van der Waals surface area contributed by atoms with E-state index in [2.05, 4.69) is 46.4 Å². The van der Waals surface area contributed by atoms with Gasteiger partial charge in [0, 0.05) is 27.4 Å². The standard InChI is InChI=1S/C10H12BrNS/c1-7-5-12-9-4-8(11)2-3-10(9)13-6-7/h2-4,7,12H,5-6H2,1H3. The third kappa shape index (κ3) is 2.20. The molecule has 1 nitrogen and oxygen atoms in total. The lowest BCUT2D eigenvalue weighted by molar-refractivity contribution is 0.705. The number of thioether (sulfide) groups is 1. The van der Waals surface area contributed by atoms with Gasteiger partial charge in [0.2, 0.25) is 0 Å². The number of rotatable bonds is 0. The first-order valence-electron chi connectivity index (χ1n) is 4.42. The molecule has 1 atom stereocenters. The van der Waals surface area contributed by atoms with Crippen LogP contribution in [0.3, 0.4) is 0 Å². The number of benzene rings is 1. The molecule has 3 heteroatoms. The topological polar surface area (TPSA) is 12.0 Å². The molecular formula is C10H12BrNS. The van der Waals surface area contributed by atoms with E-state index in [-0.39, 0.29) is 0 Å². The van der Waals surface area contributed by atoms with Crippen molar-refractivity contribution in [2.45, 2.75) is 11.8 Å². The highest BCUT2D eigenvalue weighted by atomic mass is 79.9. The van der Waals surface area contributed by atoms with Crippen LogP contribution in [0.4, 0.5) is 5.69 Å². The molecule has 1 aliphatic heterocycles. The predicted octanol–water partition coefficient (Wildman–Crippen LogP) is 3.60. The van der Waals surface area contributed by atoms with Crippen LogP contribution in [-0.4, -0.2) is 12.3 Å². The summed E-state index contributed by atoms with van der Waals surface area (Å²) >= 11 is 5.42. The Balaban J connectivity index is 2.30. The molecule has 1 aromatic rings. The van der Waals surface area contributed by atoms with E-state index in [1.807, 2.05) is 11.8 Å². The van der Waals surface area contributed by atoms with E-state index in [4.69, 9.17) is 0 Å². The van der Waals surface area contributed by atoms with Crippen molar-refractivity contribution >= 4 is 33.4 Å². The van der Waals surface area contributed by atoms with Gasteiger partial charge in [-0.3, -0.25) is 0 Å². The molecule has 0 spiro atoms. The summed E-state index contributed by atoms with van der Waals surface area (Å²) in [6, 6.07) is 6.43. The van der Waals surface area contributed by atoms with E-state index < -0.39 is 0 Å². The molecule has 0 radical (unpaired) electrons. The Morgan fingerprint density at radius 2 is 2.38 bits per heavy atom. The zero-order valence-corrected chi connectivity index (χ0v) is 9.91. The number of halogens is 1. The van der Waals surface area contributed by atoms with Gasteiger partial charge in [0.25, 0.3) is 0 Å². The molecule has 1 aliphatic rings. The Morgan fingerprint density at radius 3 is 3.23 bits per heavy atom. The summed E-state index contributed by atoms with van der Waals surface area (Å²) in [5.74, 6) is 1.96. The van der Waals surface area contributed by atoms with Gasteiger partial charge in [-0.15, -0.1) is 11.8 Å².